The van der Waals surface area contributed by atoms with E-state index in [1.807, 2.05) is 0 Å². The zero-order valence-electron chi connectivity index (χ0n) is 33.4. The van der Waals surface area contributed by atoms with Crippen LogP contribution in [0.5, 0.6) is 0 Å². The Labute approximate surface area is 355 Å². The molecule has 0 atom stereocenters. The van der Waals surface area contributed by atoms with Crippen LogP contribution >= 0.6 is 0 Å². The van der Waals surface area contributed by atoms with Crippen molar-refractivity contribution in [2.45, 2.75) is 5.41 Å². The highest BCUT2D eigenvalue weighted by atomic mass is 16.3. The minimum atomic E-state index is -0.485. The molecule has 0 bridgehead atoms. The van der Waals surface area contributed by atoms with Gasteiger partial charge in [0.1, 0.15) is 11.2 Å². The summed E-state index contributed by atoms with van der Waals surface area (Å²) in [7, 11) is 0. The number of anilines is 3. The van der Waals surface area contributed by atoms with E-state index in [4.69, 9.17) is 4.42 Å². The van der Waals surface area contributed by atoms with Crippen LogP contribution < -0.4 is 4.90 Å². The van der Waals surface area contributed by atoms with Crippen molar-refractivity contribution in [1.82, 2.24) is 0 Å². The zero-order valence-corrected chi connectivity index (χ0v) is 33.4. The maximum atomic E-state index is 6.61. The number of hydrogen-bond donors (Lipinski definition) is 0. The van der Waals surface area contributed by atoms with Crippen molar-refractivity contribution in [2.75, 3.05) is 4.90 Å². The average molecular weight is 778 g/mol. The smallest absolute Gasteiger partial charge is 0.143 e. The molecule has 0 radical (unpaired) electrons. The molecule has 12 rings (SSSR count). The minimum absolute atomic E-state index is 0.485. The Bertz CT molecular complexity index is 3350. The van der Waals surface area contributed by atoms with Gasteiger partial charge < -0.3 is 9.32 Å². The third-order valence-electron chi connectivity index (χ3n) is 12.7. The van der Waals surface area contributed by atoms with Crippen LogP contribution in [0.4, 0.5) is 17.1 Å². The standard InChI is InChI=1S/C59H39NO/c1-5-17-41(18-6-1)52-39-54-53-37-42(31-36-57(53)61-58(54)51-27-14-13-25-48(51)52)40-29-32-46(33-30-40)60(45-23-11-4-12-24-45)47-34-35-50-49-26-15-16-28-55(49)59(56(50)38-47,43-19-7-2-8-20-43)44-21-9-3-10-22-44/h1-39H. The van der Waals surface area contributed by atoms with Gasteiger partial charge in [-0.05, 0) is 116 Å². The fraction of sp³-hybridized carbons (Fsp3) is 0.0169. The molecule has 2 heteroatoms. The number of benzene rings is 10. The van der Waals surface area contributed by atoms with Crippen LogP contribution in [0.2, 0.25) is 0 Å². The van der Waals surface area contributed by atoms with Crippen LogP contribution in [-0.2, 0) is 5.41 Å². The molecule has 2 nitrogen and oxygen atoms in total. The molecule has 1 aliphatic carbocycles. The molecule has 0 saturated heterocycles. The summed E-state index contributed by atoms with van der Waals surface area (Å²) < 4.78 is 6.61. The highest BCUT2D eigenvalue weighted by Gasteiger charge is 2.46. The molecular weight excluding hydrogens is 739 g/mol. The van der Waals surface area contributed by atoms with Gasteiger partial charge in [-0.1, -0.05) is 182 Å². The first-order valence-electron chi connectivity index (χ1n) is 21.0. The molecule has 1 heterocycles. The maximum absolute atomic E-state index is 6.61. The first-order valence-corrected chi connectivity index (χ1v) is 21.0. The molecule has 1 aliphatic rings. The summed E-state index contributed by atoms with van der Waals surface area (Å²) in [6.07, 6.45) is 0. The summed E-state index contributed by atoms with van der Waals surface area (Å²) in [6, 6.07) is 85.9. The van der Waals surface area contributed by atoms with Gasteiger partial charge in [-0.25, -0.2) is 0 Å². The van der Waals surface area contributed by atoms with Crippen molar-refractivity contribution in [3.63, 3.8) is 0 Å². The lowest BCUT2D eigenvalue weighted by Gasteiger charge is -2.35. The van der Waals surface area contributed by atoms with Crippen molar-refractivity contribution >= 4 is 49.8 Å². The molecule has 286 valence electrons. The van der Waals surface area contributed by atoms with Crippen molar-refractivity contribution in [2.24, 2.45) is 0 Å². The highest BCUT2D eigenvalue weighted by molar-refractivity contribution is 6.19. The van der Waals surface area contributed by atoms with Crippen molar-refractivity contribution in [1.29, 1.82) is 0 Å². The minimum Gasteiger partial charge on any atom is -0.455 e. The first-order chi connectivity index (χ1) is 30.3. The van der Waals surface area contributed by atoms with E-state index >= 15 is 0 Å². The summed E-state index contributed by atoms with van der Waals surface area (Å²) in [4.78, 5) is 2.39. The first kappa shape index (κ1) is 35.0. The molecule has 0 unspecified atom stereocenters. The Kier molecular flexibility index (Phi) is 8.11. The van der Waals surface area contributed by atoms with Gasteiger partial charge in [-0.3, -0.25) is 0 Å². The van der Waals surface area contributed by atoms with Gasteiger partial charge in [-0.15, -0.1) is 0 Å². The van der Waals surface area contributed by atoms with Crippen molar-refractivity contribution in [3.8, 4) is 33.4 Å². The van der Waals surface area contributed by atoms with Gasteiger partial charge >= 0.3 is 0 Å². The Balaban J connectivity index is 0.991. The SMILES string of the molecule is c1ccc(-c2cc3c4cc(-c5ccc(N(c6ccccc6)c6ccc7c(c6)C(c6ccccc6)(c6ccccc6)c6ccccc6-7)cc5)ccc4oc3c3ccccc23)cc1. The summed E-state index contributed by atoms with van der Waals surface area (Å²) >= 11 is 0. The normalized spacial score (nSPS) is 12.7. The Morgan fingerprint density at radius 1 is 0.311 bits per heavy atom. The molecule has 1 aromatic heterocycles. The molecule has 0 amide bonds. The van der Waals surface area contributed by atoms with Gasteiger partial charge in [0.15, 0.2) is 0 Å². The number of rotatable bonds is 7. The van der Waals surface area contributed by atoms with E-state index in [1.165, 1.54) is 49.9 Å². The second kappa shape index (κ2) is 14.1. The largest absolute Gasteiger partial charge is 0.455 e. The molecule has 0 fully saturated rings. The summed E-state index contributed by atoms with van der Waals surface area (Å²) in [5, 5.41) is 4.56. The molecule has 61 heavy (non-hydrogen) atoms. The molecule has 0 spiro atoms. The number of nitrogens with zero attached hydrogens (tertiary/aromatic N) is 1. The highest BCUT2D eigenvalue weighted by Crippen LogP contribution is 2.57. The van der Waals surface area contributed by atoms with Crippen LogP contribution in [0.3, 0.4) is 0 Å². The molecule has 0 aliphatic heterocycles. The number of para-hydroxylation sites is 1. The van der Waals surface area contributed by atoms with Gasteiger partial charge in [0, 0.05) is 33.2 Å². The number of hydrogen-bond acceptors (Lipinski definition) is 2. The van der Waals surface area contributed by atoms with Crippen LogP contribution in [0, 0.1) is 0 Å². The predicted molar refractivity (Wildman–Crippen MR) is 254 cm³/mol. The number of furan rings is 1. The second-order valence-corrected chi connectivity index (χ2v) is 16.0. The average Bonchev–Trinajstić information content (AvgIpc) is 3.86. The second-order valence-electron chi connectivity index (χ2n) is 16.0. The fourth-order valence-electron chi connectivity index (χ4n) is 10.0. The lowest BCUT2D eigenvalue weighted by Crippen LogP contribution is -2.28. The quantitative estimate of drug-likeness (QED) is 0.160. The third kappa shape index (κ3) is 5.50. The zero-order chi connectivity index (χ0) is 40.3. The topological polar surface area (TPSA) is 16.4 Å². The van der Waals surface area contributed by atoms with E-state index in [0.29, 0.717) is 0 Å². The van der Waals surface area contributed by atoms with Gasteiger partial charge in [0.25, 0.3) is 0 Å². The van der Waals surface area contributed by atoms with E-state index in [0.717, 1.165) is 55.5 Å². The Hall–Kier alpha value is -7.94. The van der Waals surface area contributed by atoms with Crippen molar-refractivity contribution < 1.29 is 4.42 Å². The van der Waals surface area contributed by atoms with Gasteiger partial charge in [0.2, 0.25) is 0 Å². The van der Waals surface area contributed by atoms with Crippen molar-refractivity contribution in [3.05, 3.63) is 259 Å². The molecule has 10 aromatic carbocycles. The summed E-state index contributed by atoms with van der Waals surface area (Å²) in [5.74, 6) is 0. The maximum Gasteiger partial charge on any atom is 0.143 e. The van der Waals surface area contributed by atoms with E-state index < -0.39 is 5.41 Å². The third-order valence-corrected chi connectivity index (χ3v) is 12.7. The van der Waals surface area contributed by atoms with Crippen LogP contribution in [0.25, 0.3) is 66.1 Å². The lowest BCUT2D eigenvalue weighted by molar-refractivity contribution is 0.673. The molecule has 0 N–H and O–H groups in total. The molecule has 11 aromatic rings. The predicted octanol–water partition coefficient (Wildman–Crippen LogP) is 15.9. The van der Waals surface area contributed by atoms with E-state index in [9.17, 15) is 0 Å². The lowest BCUT2D eigenvalue weighted by atomic mass is 9.67. The monoisotopic (exact) mass is 777 g/mol. The van der Waals surface area contributed by atoms with Crippen LogP contribution in [0.15, 0.2) is 241 Å². The van der Waals surface area contributed by atoms with E-state index in [1.54, 1.807) is 0 Å². The summed E-state index contributed by atoms with van der Waals surface area (Å²) in [5.41, 5.74) is 17.0. The van der Waals surface area contributed by atoms with Gasteiger partial charge in [0.05, 0.1) is 5.41 Å². The van der Waals surface area contributed by atoms with Crippen LogP contribution in [-0.4, -0.2) is 0 Å². The molecular formula is C59H39NO. The van der Waals surface area contributed by atoms with Crippen LogP contribution in [0.1, 0.15) is 22.3 Å². The van der Waals surface area contributed by atoms with E-state index in [2.05, 4.69) is 241 Å². The fourth-order valence-corrected chi connectivity index (χ4v) is 10.0. The Morgan fingerprint density at radius 2 is 0.869 bits per heavy atom. The molecule has 0 saturated carbocycles. The summed E-state index contributed by atoms with van der Waals surface area (Å²) in [6.45, 7) is 0. The van der Waals surface area contributed by atoms with Gasteiger partial charge in [-0.2, -0.15) is 0 Å². The van der Waals surface area contributed by atoms with E-state index in [-0.39, 0.29) is 0 Å². The Morgan fingerprint density at radius 3 is 1.59 bits per heavy atom. The number of fused-ring (bicyclic) bond motifs is 8.